The third kappa shape index (κ3) is 2.72. The summed E-state index contributed by atoms with van der Waals surface area (Å²) in [5, 5.41) is 19.2. The fraction of sp³-hybridized carbons (Fsp3) is 0.462. The molecule has 0 radical (unpaired) electrons. The molecule has 1 rings (SSSR count). The summed E-state index contributed by atoms with van der Waals surface area (Å²) in [4.78, 5) is 10.8. The number of phenolic OH excluding ortho intramolecular Hbond substituents is 1. The maximum absolute atomic E-state index is 10.8. The molecule has 0 aromatic heterocycles. The largest absolute Gasteiger partial charge is 0.506 e. The summed E-state index contributed by atoms with van der Waals surface area (Å²) in [5.74, 6) is -0.912. The molecule has 1 aromatic rings. The van der Waals surface area contributed by atoms with E-state index in [4.69, 9.17) is 16.7 Å². The number of aromatic hydroxyl groups is 1. The highest BCUT2D eigenvalue weighted by Gasteiger charge is 2.29. The zero-order valence-electron chi connectivity index (χ0n) is 10.5. The molecule has 0 heterocycles. The van der Waals surface area contributed by atoms with E-state index in [9.17, 15) is 9.90 Å². The van der Waals surface area contributed by atoms with E-state index in [0.717, 1.165) is 11.1 Å². The first-order valence-electron chi connectivity index (χ1n) is 5.37. The van der Waals surface area contributed by atoms with Gasteiger partial charge in [-0.2, -0.15) is 0 Å². The van der Waals surface area contributed by atoms with Crippen LogP contribution in [0.25, 0.3) is 0 Å². The van der Waals surface area contributed by atoms with Gasteiger partial charge >= 0.3 is 5.97 Å². The van der Waals surface area contributed by atoms with E-state index in [1.54, 1.807) is 19.9 Å². The molecule has 0 unspecified atom stereocenters. The lowest BCUT2D eigenvalue weighted by Gasteiger charge is -2.25. The molecule has 0 aliphatic rings. The zero-order chi connectivity index (χ0) is 13.4. The number of carboxylic acid groups (broad SMARTS) is 1. The van der Waals surface area contributed by atoms with Gasteiger partial charge in [0, 0.05) is 11.0 Å². The number of carboxylic acids is 1. The van der Waals surface area contributed by atoms with Crippen molar-refractivity contribution in [3.63, 3.8) is 0 Å². The highest BCUT2D eigenvalue weighted by molar-refractivity contribution is 6.33. The number of aryl methyl sites for hydroxylation is 1. The normalized spacial score (nSPS) is 11.6. The number of hydrogen-bond donors (Lipinski definition) is 2. The molecule has 0 spiro atoms. The van der Waals surface area contributed by atoms with Gasteiger partial charge in [0.1, 0.15) is 5.75 Å². The molecular formula is C13H17ClO3. The van der Waals surface area contributed by atoms with Gasteiger partial charge in [-0.1, -0.05) is 31.5 Å². The van der Waals surface area contributed by atoms with Gasteiger partial charge in [-0.05, 0) is 25.0 Å². The van der Waals surface area contributed by atoms with E-state index in [2.05, 4.69) is 0 Å². The van der Waals surface area contributed by atoms with Gasteiger partial charge in [0.15, 0.2) is 0 Å². The van der Waals surface area contributed by atoms with Crippen LogP contribution in [0.5, 0.6) is 5.75 Å². The van der Waals surface area contributed by atoms with Crippen molar-refractivity contribution >= 4 is 17.6 Å². The standard InChI is InChI=1S/C13H17ClO3/c1-7-5-9(12(17)11(14)8(7)2)13(3,4)6-10(15)16/h5,17H,6H2,1-4H3,(H,15,16). The smallest absolute Gasteiger partial charge is 0.304 e. The molecule has 4 heteroatoms. The van der Waals surface area contributed by atoms with Crippen molar-refractivity contribution in [2.45, 2.75) is 39.5 Å². The molecule has 1 aromatic carbocycles. The van der Waals surface area contributed by atoms with E-state index >= 15 is 0 Å². The summed E-state index contributed by atoms with van der Waals surface area (Å²) in [6.07, 6.45) is -0.0562. The maximum Gasteiger partial charge on any atom is 0.304 e. The van der Waals surface area contributed by atoms with Crippen molar-refractivity contribution < 1.29 is 15.0 Å². The predicted octanol–water partition coefficient (Wildman–Crippen LogP) is 3.41. The van der Waals surface area contributed by atoms with Crippen molar-refractivity contribution in [3.05, 3.63) is 27.8 Å². The molecule has 0 aliphatic heterocycles. The third-order valence-corrected chi connectivity index (χ3v) is 3.53. The quantitative estimate of drug-likeness (QED) is 0.871. The molecule has 0 saturated carbocycles. The molecular weight excluding hydrogens is 240 g/mol. The number of phenols is 1. The topological polar surface area (TPSA) is 57.5 Å². The van der Waals surface area contributed by atoms with Gasteiger partial charge < -0.3 is 10.2 Å². The Morgan fingerprint density at radius 1 is 1.41 bits per heavy atom. The van der Waals surface area contributed by atoms with Crippen LogP contribution in [0.3, 0.4) is 0 Å². The molecule has 17 heavy (non-hydrogen) atoms. The van der Waals surface area contributed by atoms with Crippen molar-refractivity contribution in [2.75, 3.05) is 0 Å². The number of halogens is 1. The monoisotopic (exact) mass is 256 g/mol. The Hall–Kier alpha value is -1.22. The molecule has 0 saturated heterocycles. The van der Waals surface area contributed by atoms with Crippen molar-refractivity contribution in [3.8, 4) is 5.75 Å². The first-order chi connectivity index (χ1) is 7.66. The summed E-state index contributed by atoms with van der Waals surface area (Å²) in [6.45, 7) is 7.27. The van der Waals surface area contributed by atoms with Gasteiger partial charge in [0.25, 0.3) is 0 Å². The SMILES string of the molecule is Cc1cc(C(C)(C)CC(=O)O)c(O)c(Cl)c1C. The molecule has 0 fully saturated rings. The van der Waals surface area contributed by atoms with Crippen LogP contribution in [0.1, 0.15) is 37.0 Å². The highest BCUT2D eigenvalue weighted by atomic mass is 35.5. The molecule has 0 bridgehead atoms. The Labute approximate surface area is 106 Å². The number of rotatable bonds is 3. The molecule has 0 amide bonds. The van der Waals surface area contributed by atoms with Crippen LogP contribution < -0.4 is 0 Å². The van der Waals surface area contributed by atoms with E-state index in [1.807, 2.05) is 13.8 Å². The minimum atomic E-state index is -0.899. The first kappa shape index (κ1) is 13.8. The first-order valence-corrected chi connectivity index (χ1v) is 5.75. The second-order valence-electron chi connectivity index (χ2n) is 4.98. The van der Waals surface area contributed by atoms with Gasteiger partial charge in [0.05, 0.1) is 11.4 Å². The van der Waals surface area contributed by atoms with Crippen molar-refractivity contribution in [2.24, 2.45) is 0 Å². The maximum atomic E-state index is 10.8. The van der Waals surface area contributed by atoms with Gasteiger partial charge in [-0.3, -0.25) is 4.79 Å². The summed E-state index contributed by atoms with van der Waals surface area (Å²) >= 11 is 6.03. The lowest BCUT2D eigenvalue weighted by atomic mass is 9.80. The second kappa shape index (κ2) is 4.57. The van der Waals surface area contributed by atoms with Crippen LogP contribution in [0, 0.1) is 13.8 Å². The molecule has 3 nitrogen and oxygen atoms in total. The third-order valence-electron chi connectivity index (χ3n) is 3.07. The van der Waals surface area contributed by atoms with E-state index in [0.29, 0.717) is 10.6 Å². The summed E-state index contributed by atoms with van der Waals surface area (Å²) in [7, 11) is 0. The second-order valence-corrected chi connectivity index (χ2v) is 5.36. The van der Waals surface area contributed by atoms with E-state index < -0.39 is 11.4 Å². The van der Waals surface area contributed by atoms with Crippen LogP contribution in [0.15, 0.2) is 6.07 Å². The van der Waals surface area contributed by atoms with Crippen LogP contribution >= 0.6 is 11.6 Å². The average molecular weight is 257 g/mol. The van der Waals surface area contributed by atoms with Gasteiger partial charge in [0.2, 0.25) is 0 Å². The van der Waals surface area contributed by atoms with Gasteiger partial charge in [-0.25, -0.2) is 0 Å². The summed E-state index contributed by atoms with van der Waals surface area (Å²) in [6, 6.07) is 1.81. The van der Waals surface area contributed by atoms with E-state index in [1.165, 1.54) is 0 Å². The molecule has 0 atom stereocenters. The minimum Gasteiger partial charge on any atom is -0.506 e. The highest BCUT2D eigenvalue weighted by Crippen LogP contribution is 2.40. The zero-order valence-corrected chi connectivity index (χ0v) is 11.2. The van der Waals surface area contributed by atoms with Crippen LogP contribution in [-0.2, 0) is 10.2 Å². The molecule has 2 N–H and O–H groups in total. The van der Waals surface area contributed by atoms with Gasteiger partial charge in [-0.15, -0.1) is 0 Å². The number of hydrogen-bond acceptors (Lipinski definition) is 2. The average Bonchev–Trinajstić information content (AvgIpc) is 2.18. The fourth-order valence-corrected chi connectivity index (χ4v) is 2.10. The van der Waals surface area contributed by atoms with Crippen molar-refractivity contribution in [1.82, 2.24) is 0 Å². The number of carbonyl (C=O) groups is 1. The minimum absolute atomic E-state index is 0.0129. The van der Waals surface area contributed by atoms with Crippen molar-refractivity contribution in [1.29, 1.82) is 0 Å². The Morgan fingerprint density at radius 3 is 2.41 bits per heavy atom. The predicted molar refractivity (Wildman–Crippen MR) is 67.9 cm³/mol. The Kier molecular flexibility index (Phi) is 3.72. The van der Waals surface area contributed by atoms with Crippen LogP contribution in [-0.4, -0.2) is 16.2 Å². The molecule has 94 valence electrons. The lowest BCUT2D eigenvalue weighted by molar-refractivity contribution is -0.138. The lowest BCUT2D eigenvalue weighted by Crippen LogP contribution is -2.22. The number of aliphatic carboxylic acids is 1. The Balaban J connectivity index is 3.37. The summed E-state index contributed by atoms with van der Waals surface area (Å²) in [5.41, 5.74) is 1.69. The Bertz CT molecular complexity index is 464. The Morgan fingerprint density at radius 2 is 1.94 bits per heavy atom. The summed E-state index contributed by atoms with van der Waals surface area (Å²) < 4.78 is 0. The molecule has 0 aliphatic carbocycles. The van der Waals surface area contributed by atoms with E-state index in [-0.39, 0.29) is 12.2 Å². The fourth-order valence-electron chi connectivity index (χ4n) is 1.85. The number of benzene rings is 1. The van der Waals surface area contributed by atoms with Crippen LogP contribution in [0.2, 0.25) is 5.02 Å². The van der Waals surface area contributed by atoms with Crippen LogP contribution in [0.4, 0.5) is 0 Å².